The summed E-state index contributed by atoms with van der Waals surface area (Å²) in [6, 6.07) is 0. The molecule has 2 unspecified atom stereocenters. The molecule has 142 valence electrons. The van der Waals surface area contributed by atoms with Gasteiger partial charge in [-0.3, -0.25) is 4.79 Å². The molecule has 4 heteroatoms. The molecule has 0 aromatic heterocycles. The lowest BCUT2D eigenvalue weighted by Gasteiger charge is -2.54. The first-order valence-electron chi connectivity index (χ1n) is 9.61. The first-order chi connectivity index (χ1) is 12.2. The van der Waals surface area contributed by atoms with E-state index in [1.165, 1.54) is 0 Å². The van der Waals surface area contributed by atoms with Gasteiger partial charge in [0.15, 0.2) is 5.79 Å². The highest BCUT2D eigenvalue weighted by Gasteiger charge is 2.70. The van der Waals surface area contributed by atoms with E-state index in [4.69, 9.17) is 15.9 Å². The van der Waals surface area contributed by atoms with E-state index in [1.54, 1.807) is 13.0 Å². The number of allylic oxidation sites excluding steroid dienone is 1. The smallest absolute Gasteiger partial charge is 0.173 e. The van der Waals surface area contributed by atoms with E-state index in [0.29, 0.717) is 13.2 Å². The SMILES string of the molecule is C#CC12CC[C@@H](C)[C@@](C)(C(=O)C[C@@](C)(C=C)C=O)C1C1(CC2)OCCO1. The van der Waals surface area contributed by atoms with Crippen molar-refractivity contribution < 1.29 is 19.1 Å². The summed E-state index contributed by atoms with van der Waals surface area (Å²) < 4.78 is 12.2. The molecule has 0 radical (unpaired) electrons. The van der Waals surface area contributed by atoms with E-state index in [1.807, 2.05) is 6.92 Å². The third-order valence-electron chi connectivity index (χ3n) is 7.50. The maximum atomic E-state index is 13.6. The number of carbonyl (C=O) groups excluding carboxylic acids is 2. The fourth-order valence-electron chi connectivity index (χ4n) is 5.61. The Hall–Kier alpha value is -1.44. The molecule has 0 bridgehead atoms. The van der Waals surface area contributed by atoms with Gasteiger partial charge in [0.25, 0.3) is 0 Å². The summed E-state index contributed by atoms with van der Waals surface area (Å²) in [5, 5.41) is 0. The standard InChI is InChI=1S/C22H30O4/c1-6-19(4,15-23)14-17(24)20(5)16(3)8-9-21(7-2)10-11-22(18(20)21)25-12-13-26-22/h2,6,15-16,18H,1,8-14H2,3-5H3/t16-,18?,19-,20+,21?/m1/s1. The Morgan fingerprint density at radius 3 is 2.54 bits per heavy atom. The van der Waals surface area contributed by atoms with Gasteiger partial charge in [0.2, 0.25) is 0 Å². The molecule has 0 aromatic rings. The van der Waals surface area contributed by atoms with Crippen LogP contribution in [0.25, 0.3) is 0 Å². The normalized spacial score (nSPS) is 40.4. The lowest BCUT2D eigenvalue weighted by molar-refractivity contribution is -0.232. The Morgan fingerprint density at radius 1 is 1.35 bits per heavy atom. The molecule has 3 rings (SSSR count). The maximum Gasteiger partial charge on any atom is 0.173 e. The van der Waals surface area contributed by atoms with Crippen molar-refractivity contribution in [2.45, 2.75) is 58.7 Å². The van der Waals surface area contributed by atoms with Crippen LogP contribution in [0.1, 0.15) is 52.9 Å². The molecular formula is C22H30O4. The molecule has 26 heavy (non-hydrogen) atoms. The molecule has 2 saturated carbocycles. The van der Waals surface area contributed by atoms with Crippen molar-refractivity contribution in [2.75, 3.05) is 13.2 Å². The largest absolute Gasteiger partial charge is 0.347 e. The summed E-state index contributed by atoms with van der Waals surface area (Å²) in [6.45, 7) is 10.7. The van der Waals surface area contributed by atoms with Crippen LogP contribution in [0.2, 0.25) is 0 Å². The number of carbonyl (C=O) groups is 2. The Kier molecular flexibility index (Phi) is 4.70. The zero-order chi connectivity index (χ0) is 19.2. The molecule has 1 aliphatic heterocycles. The van der Waals surface area contributed by atoms with Crippen LogP contribution >= 0.6 is 0 Å². The third kappa shape index (κ3) is 2.52. The van der Waals surface area contributed by atoms with E-state index in [-0.39, 0.29) is 29.5 Å². The molecule has 0 amide bonds. The molecule has 0 aromatic carbocycles. The van der Waals surface area contributed by atoms with Crippen molar-refractivity contribution in [1.82, 2.24) is 0 Å². The van der Waals surface area contributed by atoms with Gasteiger partial charge in [-0.1, -0.05) is 25.8 Å². The molecule has 1 saturated heterocycles. The van der Waals surface area contributed by atoms with Gasteiger partial charge in [-0.15, -0.1) is 13.0 Å². The number of fused-ring (bicyclic) bond motifs is 2. The van der Waals surface area contributed by atoms with Gasteiger partial charge in [0, 0.05) is 35.0 Å². The van der Waals surface area contributed by atoms with E-state index >= 15 is 0 Å². The van der Waals surface area contributed by atoms with Crippen LogP contribution in [0.5, 0.6) is 0 Å². The molecule has 3 aliphatic rings. The monoisotopic (exact) mass is 358 g/mol. The van der Waals surface area contributed by atoms with Gasteiger partial charge in [-0.25, -0.2) is 0 Å². The minimum atomic E-state index is -0.862. The van der Waals surface area contributed by atoms with E-state index < -0.39 is 16.6 Å². The molecule has 1 heterocycles. The van der Waals surface area contributed by atoms with Crippen molar-refractivity contribution in [1.29, 1.82) is 0 Å². The summed E-state index contributed by atoms with van der Waals surface area (Å²) in [5.41, 5.74) is -1.94. The summed E-state index contributed by atoms with van der Waals surface area (Å²) in [4.78, 5) is 25.2. The summed E-state index contributed by atoms with van der Waals surface area (Å²) in [7, 11) is 0. The summed E-state index contributed by atoms with van der Waals surface area (Å²) >= 11 is 0. The van der Waals surface area contributed by atoms with Crippen LogP contribution in [-0.4, -0.2) is 31.1 Å². The van der Waals surface area contributed by atoms with Crippen LogP contribution in [-0.2, 0) is 19.1 Å². The average Bonchev–Trinajstić information content (AvgIpc) is 3.25. The van der Waals surface area contributed by atoms with Gasteiger partial charge < -0.3 is 14.3 Å². The van der Waals surface area contributed by atoms with E-state index in [2.05, 4.69) is 19.4 Å². The number of hydrogen-bond acceptors (Lipinski definition) is 4. The number of ether oxygens (including phenoxy) is 2. The highest BCUT2D eigenvalue weighted by Crippen LogP contribution is 2.67. The zero-order valence-electron chi connectivity index (χ0n) is 16.2. The molecule has 4 nitrogen and oxygen atoms in total. The van der Waals surface area contributed by atoms with Crippen molar-refractivity contribution >= 4 is 12.1 Å². The van der Waals surface area contributed by atoms with Gasteiger partial charge in [-0.05, 0) is 32.1 Å². The Bertz CT molecular complexity index is 646. The third-order valence-corrected chi connectivity index (χ3v) is 7.50. The zero-order valence-corrected chi connectivity index (χ0v) is 16.2. The minimum absolute atomic E-state index is 0.0594. The van der Waals surface area contributed by atoms with Crippen molar-refractivity contribution in [3.63, 3.8) is 0 Å². The molecule has 0 N–H and O–H groups in total. The second kappa shape index (κ2) is 6.32. The molecular weight excluding hydrogens is 328 g/mol. The van der Waals surface area contributed by atoms with Crippen LogP contribution < -0.4 is 0 Å². The van der Waals surface area contributed by atoms with Crippen molar-refractivity contribution in [3.8, 4) is 12.3 Å². The number of aldehydes is 1. The van der Waals surface area contributed by atoms with E-state index in [9.17, 15) is 9.59 Å². The Morgan fingerprint density at radius 2 is 2.00 bits per heavy atom. The second-order valence-corrected chi connectivity index (χ2v) is 8.89. The highest BCUT2D eigenvalue weighted by molar-refractivity contribution is 5.89. The number of hydrogen-bond donors (Lipinski definition) is 0. The van der Waals surface area contributed by atoms with Crippen LogP contribution in [0.3, 0.4) is 0 Å². The average molecular weight is 358 g/mol. The van der Waals surface area contributed by atoms with E-state index in [0.717, 1.165) is 32.0 Å². The van der Waals surface area contributed by atoms with Crippen LogP contribution in [0.15, 0.2) is 12.7 Å². The highest BCUT2D eigenvalue weighted by atomic mass is 16.7. The van der Waals surface area contributed by atoms with Gasteiger partial charge in [-0.2, -0.15) is 0 Å². The lowest BCUT2D eigenvalue weighted by Crippen LogP contribution is -2.58. The Balaban J connectivity index is 2.07. The fourth-order valence-corrected chi connectivity index (χ4v) is 5.61. The number of Topliss-reactive ketones (excluding diaryl/α,β-unsaturated/α-hetero) is 1. The predicted octanol–water partition coefficient (Wildman–Crippen LogP) is 3.55. The number of ketones is 1. The fraction of sp³-hybridized carbons (Fsp3) is 0.727. The van der Waals surface area contributed by atoms with Gasteiger partial charge in [0.05, 0.1) is 13.2 Å². The van der Waals surface area contributed by atoms with Crippen LogP contribution in [0.4, 0.5) is 0 Å². The first kappa shape index (κ1) is 19.3. The number of rotatable bonds is 5. The molecule has 2 aliphatic carbocycles. The molecule has 5 atom stereocenters. The Labute approximate surface area is 156 Å². The van der Waals surface area contributed by atoms with Crippen LogP contribution in [0, 0.1) is 40.4 Å². The maximum absolute atomic E-state index is 13.6. The van der Waals surface area contributed by atoms with Crippen molar-refractivity contribution in [2.24, 2.45) is 28.1 Å². The summed E-state index contributed by atoms with van der Waals surface area (Å²) in [5.74, 6) is 2.30. The molecule has 1 spiro atoms. The van der Waals surface area contributed by atoms with Crippen molar-refractivity contribution in [3.05, 3.63) is 12.7 Å². The minimum Gasteiger partial charge on any atom is -0.347 e. The quantitative estimate of drug-likeness (QED) is 0.428. The molecule has 3 fully saturated rings. The summed E-state index contributed by atoms with van der Waals surface area (Å²) in [6.07, 6.45) is 11.9. The number of terminal acetylenes is 1. The lowest BCUT2D eigenvalue weighted by atomic mass is 9.49. The topological polar surface area (TPSA) is 52.6 Å². The van der Waals surface area contributed by atoms with Gasteiger partial charge in [0.1, 0.15) is 12.1 Å². The first-order valence-corrected chi connectivity index (χ1v) is 9.61. The second-order valence-electron chi connectivity index (χ2n) is 8.89. The predicted molar refractivity (Wildman–Crippen MR) is 99.1 cm³/mol. The van der Waals surface area contributed by atoms with Gasteiger partial charge >= 0.3 is 0 Å².